The van der Waals surface area contributed by atoms with E-state index in [1.165, 1.54) is 13.2 Å². The second-order valence-corrected chi connectivity index (χ2v) is 7.08. The number of benzene rings is 1. The second kappa shape index (κ2) is 9.26. The van der Waals surface area contributed by atoms with Gasteiger partial charge in [0.15, 0.2) is 0 Å². The van der Waals surface area contributed by atoms with Crippen LogP contribution in [0.5, 0.6) is 11.5 Å². The van der Waals surface area contributed by atoms with Gasteiger partial charge >= 0.3 is 5.97 Å². The summed E-state index contributed by atoms with van der Waals surface area (Å²) in [7, 11) is 1.29. The molecule has 30 heavy (non-hydrogen) atoms. The SMILES string of the molecule is COC(=O)C[C@H](c1cccnc1)c1c(O)cc(C)n(CCc2ccc(O)cc2)c1=O. The Labute approximate surface area is 174 Å². The number of phenols is 1. The molecule has 1 atom stereocenters. The van der Waals surface area contributed by atoms with E-state index >= 15 is 0 Å². The zero-order valence-electron chi connectivity index (χ0n) is 16.9. The fourth-order valence-corrected chi connectivity index (χ4v) is 3.50. The maximum absolute atomic E-state index is 13.4. The van der Waals surface area contributed by atoms with Gasteiger partial charge in [-0.1, -0.05) is 18.2 Å². The Morgan fingerprint density at radius 2 is 1.93 bits per heavy atom. The molecule has 0 saturated heterocycles. The van der Waals surface area contributed by atoms with Gasteiger partial charge < -0.3 is 19.5 Å². The summed E-state index contributed by atoms with van der Waals surface area (Å²) in [5, 5.41) is 20.0. The molecular weight excluding hydrogens is 384 g/mol. The van der Waals surface area contributed by atoms with Crippen LogP contribution in [0.1, 0.15) is 34.7 Å². The number of methoxy groups -OCH3 is 1. The maximum Gasteiger partial charge on any atom is 0.306 e. The molecule has 7 heteroatoms. The Hall–Kier alpha value is -3.61. The van der Waals surface area contributed by atoms with Gasteiger partial charge in [-0.3, -0.25) is 14.6 Å². The van der Waals surface area contributed by atoms with Crippen molar-refractivity contribution in [2.75, 3.05) is 7.11 Å². The molecule has 156 valence electrons. The largest absolute Gasteiger partial charge is 0.508 e. The molecule has 2 heterocycles. The standard InChI is InChI=1S/C23H24N2O5/c1-15-12-20(27)22(19(13-21(28)30-2)17-4-3-10-24-14-17)23(29)25(15)11-9-16-5-7-18(26)8-6-16/h3-8,10,12,14,19,26-27H,9,11,13H2,1-2H3/t19-/m1/s1. The van der Waals surface area contributed by atoms with Crippen molar-refractivity contribution in [2.24, 2.45) is 0 Å². The minimum Gasteiger partial charge on any atom is -0.508 e. The van der Waals surface area contributed by atoms with E-state index in [1.807, 2.05) is 0 Å². The number of aromatic nitrogens is 2. The smallest absolute Gasteiger partial charge is 0.306 e. The minimum absolute atomic E-state index is 0.0913. The van der Waals surface area contributed by atoms with Gasteiger partial charge in [-0.25, -0.2) is 0 Å². The lowest BCUT2D eigenvalue weighted by Crippen LogP contribution is -2.29. The van der Waals surface area contributed by atoms with Crippen molar-refractivity contribution in [1.29, 1.82) is 0 Å². The third kappa shape index (κ3) is 4.68. The van der Waals surface area contributed by atoms with Crippen molar-refractivity contribution in [1.82, 2.24) is 9.55 Å². The summed E-state index contributed by atoms with van der Waals surface area (Å²) in [6, 6.07) is 11.8. The van der Waals surface area contributed by atoms with Crippen LogP contribution < -0.4 is 5.56 Å². The first-order chi connectivity index (χ1) is 14.4. The zero-order chi connectivity index (χ0) is 21.7. The lowest BCUT2D eigenvalue weighted by Gasteiger charge is -2.20. The molecule has 7 nitrogen and oxygen atoms in total. The molecule has 0 amide bonds. The van der Waals surface area contributed by atoms with Crippen LogP contribution >= 0.6 is 0 Å². The average Bonchev–Trinajstić information content (AvgIpc) is 2.74. The molecule has 1 aromatic carbocycles. The molecule has 0 unspecified atom stereocenters. The second-order valence-electron chi connectivity index (χ2n) is 7.08. The van der Waals surface area contributed by atoms with Gasteiger partial charge in [0.1, 0.15) is 11.5 Å². The van der Waals surface area contributed by atoms with Crippen LogP contribution in [-0.2, 0) is 22.5 Å². The Kier molecular flexibility index (Phi) is 6.51. The quantitative estimate of drug-likeness (QED) is 0.583. The van der Waals surface area contributed by atoms with Crippen molar-refractivity contribution in [3.8, 4) is 11.5 Å². The summed E-state index contributed by atoms with van der Waals surface area (Å²) < 4.78 is 6.39. The van der Waals surface area contributed by atoms with Crippen LogP contribution in [0.3, 0.4) is 0 Å². The number of pyridine rings is 2. The number of phenolic OH excluding ortho intramolecular Hbond substituents is 1. The van der Waals surface area contributed by atoms with Gasteiger partial charge in [-0.05, 0) is 48.7 Å². The number of aryl methyl sites for hydroxylation is 2. The Morgan fingerprint density at radius 3 is 2.57 bits per heavy atom. The van der Waals surface area contributed by atoms with Gasteiger partial charge in [-0.15, -0.1) is 0 Å². The molecule has 3 aromatic rings. The van der Waals surface area contributed by atoms with E-state index in [9.17, 15) is 19.8 Å². The number of carbonyl (C=O) groups excluding carboxylic acids is 1. The normalized spacial score (nSPS) is 11.8. The molecule has 0 bridgehead atoms. The molecule has 0 spiro atoms. The Balaban J connectivity index is 2.02. The Morgan fingerprint density at radius 1 is 1.20 bits per heavy atom. The van der Waals surface area contributed by atoms with Crippen LogP contribution in [-0.4, -0.2) is 32.8 Å². The molecule has 2 N–H and O–H groups in total. The first-order valence-corrected chi connectivity index (χ1v) is 9.58. The van der Waals surface area contributed by atoms with Gasteiger partial charge in [0.2, 0.25) is 0 Å². The van der Waals surface area contributed by atoms with E-state index in [1.54, 1.807) is 60.3 Å². The van der Waals surface area contributed by atoms with Crippen LogP contribution in [0.4, 0.5) is 0 Å². The topological polar surface area (TPSA) is 102 Å². The van der Waals surface area contributed by atoms with E-state index in [4.69, 9.17) is 4.74 Å². The molecule has 0 fully saturated rings. The molecule has 3 rings (SSSR count). The van der Waals surface area contributed by atoms with Crippen LogP contribution in [0.2, 0.25) is 0 Å². The Bertz CT molecular complexity index is 1080. The van der Waals surface area contributed by atoms with Crippen molar-refractivity contribution in [3.63, 3.8) is 0 Å². The number of nitrogens with zero attached hydrogens (tertiary/aromatic N) is 2. The summed E-state index contributed by atoms with van der Waals surface area (Å²) in [4.78, 5) is 29.5. The van der Waals surface area contributed by atoms with Gasteiger partial charge in [0.05, 0.1) is 19.1 Å². The van der Waals surface area contributed by atoms with Crippen molar-refractivity contribution >= 4 is 5.97 Å². The average molecular weight is 408 g/mol. The van der Waals surface area contributed by atoms with Gasteiger partial charge in [0.25, 0.3) is 5.56 Å². The minimum atomic E-state index is -0.681. The predicted molar refractivity (Wildman–Crippen MR) is 112 cm³/mol. The molecule has 0 saturated carbocycles. The highest BCUT2D eigenvalue weighted by atomic mass is 16.5. The van der Waals surface area contributed by atoms with Crippen molar-refractivity contribution in [2.45, 2.75) is 32.2 Å². The monoisotopic (exact) mass is 408 g/mol. The van der Waals surface area contributed by atoms with E-state index in [-0.39, 0.29) is 29.0 Å². The molecule has 0 aliphatic carbocycles. The van der Waals surface area contributed by atoms with Gasteiger partial charge in [0, 0.05) is 30.6 Å². The van der Waals surface area contributed by atoms with E-state index < -0.39 is 11.9 Å². The van der Waals surface area contributed by atoms with E-state index in [2.05, 4.69) is 4.98 Å². The van der Waals surface area contributed by atoms with E-state index in [0.717, 1.165) is 5.56 Å². The number of esters is 1. The number of hydrogen-bond donors (Lipinski definition) is 2. The fraction of sp³-hybridized carbons (Fsp3) is 0.261. The molecular formula is C23H24N2O5. The summed E-state index contributed by atoms with van der Waals surface area (Å²) in [6.07, 6.45) is 3.66. The van der Waals surface area contributed by atoms with Crippen molar-refractivity contribution < 1.29 is 19.7 Å². The highest BCUT2D eigenvalue weighted by Crippen LogP contribution is 2.32. The van der Waals surface area contributed by atoms with Crippen molar-refractivity contribution in [3.05, 3.63) is 87.6 Å². The molecule has 0 radical (unpaired) electrons. The van der Waals surface area contributed by atoms with Crippen LogP contribution in [0.25, 0.3) is 0 Å². The lowest BCUT2D eigenvalue weighted by atomic mass is 9.89. The molecule has 2 aromatic heterocycles. The number of aromatic hydroxyl groups is 2. The lowest BCUT2D eigenvalue weighted by molar-refractivity contribution is -0.140. The third-order valence-electron chi connectivity index (χ3n) is 5.12. The fourth-order valence-electron chi connectivity index (χ4n) is 3.50. The summed E-state index contributed by atoms with van der Waals surface area (Å²) in [6.45, 7) is 2.14. The molecule has 0 aliphatic heterocycles. The van der Waals surface area contributed by atoms with Gasteiger partial charge in [-0.2, -0.15) is 0 Å². The number of carbonyl (C=O) groups is 1. The van der Waals surface area contributed by atoms with E-state index in [0.29, 0.717) is 24.2 Å². The molecule has 0 aliphatic rings. The number of hydrogen-bond acceptors (Lipinski definition) is 6. The highest BCUT2D eigenvalue weighted by Gasteiger charge is 2.26. The summed E-state index contributed by atoms with van der Waals surface area (Å²) in [5.74, 6) is -1.14. The number of ether oxygens (including phenoxy) is 1. The summed E-state index contributed by atoms with van der Waals surface area (Å²) >= 11 is 0. The first kappa shape index (κ1) is 21.1. The van der Waals surface area contributed by atoms with Crippen LogP contribution in [0.15, 0.2) is 59.7 Å². The maximum atomic E-state index is 13.4. The first-order valence-electron chi connectivity index (χ1n) is 9.58. The highest BCUT2D eigenvalue weighted by molar-refractivity contribution is 5.71. The summed E-state index contributed by atoms with van der Waals surface area (Å²) in [5.41, 5.74) is 2.01. The van der Waals surface area contributed by atoms with Crippen LogP contribution in [0, 0.1) is 6.92 Å². The third-order valence-corrected chi connectivity index (χ3v) is 5.12. The zero-order valence-corrected chi connectivity index (χ0v) is 16.9. The predicted octanol–water partition coefficient (Wildman–Crippen LogP) is 2.90. The number of rotatable bonds is 7.